The van der Waals surface area contributed by atoms with Gasteiger partial charge in [0.1, 0.15) is 17.5 Å². The molecule has 0 aromatic heterocycles. The molecule has 28 heavy (non-hydrogen) atoms. The van der Waals surface area contributed by atoms with Gasteiger partial charge in [-0.3, -0.25) is 0 Å². The van der Waals surface area contributed by atoms with E-state index < -0.39 is 29.5 Å². The van der Waals surface area contributed by atoms with E-state index in [4.69, 9.17) is 21.1 Å². The fraction of sp³-hybridized carbons (Fsp3) is 0.429. The molecule has 7 heteroatoms. The van der Waals surface area contributed by atoms with Crippen LogP contribution in [0.15, 0.2) is 42.5 Å². The number of ether oxygens (including phenoxy) is 2. The highest BCUT2D eigenvalue weighted by Crippen LogP contribution is 2.52. The molecule has 2 aromatic carbocycles. The predicted molar refractivity (Wildman–Crippen MR) is 102 cm³/mol. The summed E-state index contributed by atoms with van der Waals surface area (Å²) >= 11 is 6.38. The van der Waals surface area contributed by atoms with Crippen molar-refractivity contribution in [1.29, 1.82) is 0 Å². The Balaban J connectivity index is 1.72. The van der Waals surface area contributed by atoms with E-state index in [2.05, 4.69) is 0 Å². The normalized spacial score (nSPS) is 34.5. The lowest BCUT2D eigenvalue weighted by Crippen LogP contribution is -2.61. The van der Waals surface area contributed by atoms with Crippen LogP contribution < -0.4 is 0 Å². The van der Waals surface area contributed by atoms with Crippen molar-refractivity contribution >= 4 is 11.6 Å². The second-order valence-corrected chi connectivity index (χ2v) is 8.06. The highest BCUT2D eigenvalue weighted by atomic mass is 35.5. The van der Waals surface area contributed by atoms with Crippen LogP contribution in [-0.2, 0) is 21.7 Å². The van der Waals surface area contributed by atoms with Crippen LogP contribution in [0.2, 0.25) is 5.02 Å². The number of hydrogen-bond acceptors (Lipinski definition) is 6. The first kappa shape index (κ1) is 19.6. The SMILES string of the molecule is C[C@H]1[C@H](O)C(O)C2(c3ccc(Cl)c(Cc4ccc(O)cc4)c3)OCC1(CO)O2. The van der Waals surface area contributed by atoms with Crippen molar-refractivity contribution in [3.8, 4) is 5.75 Å². The van der Waals surface area contributed by atoms with Gasteiger partial charge in [0.25, 0.3) is 0 Å². The topological polar surface area (TPSA) is 99.4 Å². The molecule has 6 nitrogen and oxygen atoms in total. The lowest BCUT2D eigenvalue weighted by molar-refractivity contribution is -0.318. The van der Waals surface area contributed by atoms with Crippen LogP contribution in [0.5, 0.6) is 5.75 Å². The van der Waals surface area contributed by atoms with Crippen molar-refractivity contribution in [3.05, 3.63) is 64.2 Å². The number of phenolic OH excluding ortho intramolecular Hbond substituents is 1. The minimum absolute atomic E-state index is 0.0642. The molecule has 150 valence electrons. The van der Waals surface area contributed by atoms with Crippen LogP contribution in [0, 0.1) is 5.92 Å². The third-order valence-corrected chi connectivity index (χ3v) is 6.36. The number of rotatable bonds is 4. The minimum atomic E-state index is -1.57. The molecule has 2 aliphatic rings. The van der Waals surface area contributed by atoms with E-state index >= 15 is 0 Å². The average molecular weight is 407 g/mol. The molecule has 4 rings (SSSR count). The maximum Gasteiger partial charge on any atom is 0.225 e. The van der Waals surface area contributed by atoms with E-state index in [0.717, 1.165) is 11.1 Å². The zero-order chi connectivity index (χ0) is 20.1. The van der Waals surface area contributed by atoms with Crippen LogP contribution in [0.25, 0.3) is 0 Å². The number of phenols is 1. The Labute approximate surface area is 167 Å². The number of benzene rings is 2. The summed E-state index contributed by atoms with van der Waals surface area (Å²) < 4.78 is 12.0. The van der Waals surface area contributed by atoms with Crippen LogP contribution >= 0.6 is 11.6 Å². The maximum atomic E-state index is 10.8. The average Bonchev–Trinajstić information content (AvgIpc) is 3.08. The summed E-state index contributed by atoms with van der Waals surface area (Å²) in [5.74, 6) is -1.88. The van der Waals surface area contributed by atoms with Crippen molar-refractivity contribution < 1.29 is 29.9 Å². The monoisotopic (exact) mass is 406 g/mol. The molecule has 2 bridgehead atoms. The summed E-state index contributed by atoms with van der Waals surface area (Å²) in [7, 11) is 0. The third kappa shape index (κ3) is 2.92. The summed E-state index contributed by atoms with van der Waals surface area (Å²) in [5.41, 5.74) is 1.19. The Kier molecular flexibility index (Phi) is 4.90. The first-order valence-corrected chi connectivity index (χ1v) is 9.57. The molecule has 0 radical (unpaired) electrons. The number of hydrogen-bond donors (Lipinski definition) is 4. The molecule has 2 aliphatic heterocycles. The zero-order valence-corrected chi connectivity index (χ0v) is 16.1. The number of aromatic hydroxyl groups is 1. The van der Waals surface area contributed by atoms with E-state index in [9.17, 15) is 20.4 Å². The summed E-state index contributed by atoms with van der Waals surface area (Å²) in [4.78, 5) is 0. The van der Waals surface area contributed by atoms with E-state index in [1.165, 1.54) is 0 Å². The second kappa shape index (κ2) is 6.99. The standard InChI is InChI=1S/C21H23ClO6/c1-12-18(25)19(26)21(27-11-20(12,10-23)28-21)15-4-7-17(22)14(9-15)8-13-2-5-16(24)6-3-13/h2-7,9,12,18-19,23-26H,8,10-11H2,1H3/t12-,18-,19?,20?,21?/m0/s1. The van der Waals surface area contributed by atoms with Crippen molar-refractivity contribution in [3.63, 3.8) is 0 Å². The Hall–Kier alpha value is -1.67. The zero-order valence-electron chi connectivity index (χ0n) is 15.4. The van der Waals surface area contributed by atoms with E-state index in [-0.39, 0.29) is 19.0 Å². The second-order valence-electron chi connectivity index (χ2n) is 7.65. The van der Waals surface area contributed by atoms with Crippen molar-refractivity contribution in [2.75, 3.05) is 13.2 Å². The predicted octanol–water partition coefficient (Wildman–Crippen LogP) is 1.94. The number of aliphatic hydroxyl groups excluding tert-OH is 3. The lowest BCUT2D eigenvalue weighted by Gasteiger charge is -2.47. The molecule has 2 saturated heterocycles. The largest absolute Gasteiger partial charge is 0.508 e. The van der Waals surface area contributed by atoms with Gasteiger partial charge in [-0.05, 0) is 41.8 Å². The molecular formula is C21H23ClO6. The molecule has 2 heterocycles. The van der Waals surface area contributed by atoms with E-state index in [1.54, 1.807) is 49.4 Å². The number of halogens is 1. The van der Waals surface area contributed by atoms with Gasteiger partial charge in [0.05, 0.1) is 19.3 Å². The fourth-order valence-corrected chi connectivity index (χ4v) is 4.25. The van der Waals surface area contributed by atoms with Crippen LogP contribution in [0.3, 0.4) is 0 Å². The Bertz CT molecular complexity index is 872. The molecule has 0 saturated carbocycles. The Morgan fingerprint density at radius 2 is 1.86 bits per heavy atom. The molecule has 0 spiro atoms. The van der Waals surface area contributed by atoms with Gasteiger partial charge in [-0.15, -0.1) is 0 Å². The maximum absolute atomic E-state index is 10.8. The first-order valence-electron chi connectivity index (χ1n) is 9.19. The van der Waals surface area contributed by atoms with Gasteiger partial charge in [-0.1, -0.05) is 36.7 Å². The third-order valence-electron chi connectivity index (χ3n) is 5.99. The fourth-order valence-electron chi connectivity index (χ4n) is 4.07. The minimum Gasteiger partial charge on any atom is -0.508 e. The first-order chi connectivity index (χ1) is 13.3. The smallest absolute Gasteiger partial charge is 0.225 e. The van der Waals surface area contributed by atoms with Gasteiger partial charge in [0.2, 0.25) is 5.79 Å². The highest BCUT2D eigenvalue weighted by molar-refractivity contribution is 6.31. The van der Waals surface area contributed by atoms with Crippen LogP contribution in [0.1, 0.15) is 23.6 Å². The molecule has 2 fully saturated rings. The van der Waals surface area contributed by atoms with Crippen molar-refractivity contribution in [2.24, 2.45) is 5.92 Å². The lowest BCUT2D eigenvalue weighted by atomic mass is 9.78. The van der Waals surface area contributed by atoms with Gasteiger partial charge in [-0.25, -0.2) is 0 Å². The number of aliphatic hydroxyl groups is 3. The molecule has 5 atom stereocenters. The summed E-state index contributed by atoms with van der Waals surface area (Å²) in [6.45, 7) is 1.46. The van der Waals surface area contributed by atoms with E-state index in [0.29, 0.717) is 17.0 Å². The van der Waals surface area contributed by atoms with Crippen LogP contribution in [-0.4, -0.2) is 51.4 Å². The molecule has 4 N–H and O–H groups in total. The number of fused-ring (bicyclic) bond motifs is 2. The van der Waals surface area contributed by atoms with Gasteiger partial charge in [0.15, 0.2) is 0 Å². The van der Waals surface area contributed by atoms with Gasteiger partial charge < -0.3 is 29.9 Å². The summed E-state index contributed by atoms with van der Waals surface area (Å²) in [5, 5.41) is 41.2. The quantitative estimate of drug-likeness (QED) is 0.619. The highest BCUT2D eigenvalue weighted by Gasteiger charge is 2.65. The molecular weight excluding hydrogens is 384 g/mol. The van der Waals surface area contributed by atoms with Crippen LogP contribution in [0.4, 0.5) is 0 Å². The molecule has 2 aromatic rings. The Morgan fingerprint density at radius 3 is 2.54 bits per heavy atom. The molecule has 0 amide bonds. The summed E-state index contributed by atoms with van der Waals surface area (Å²) in [6.07, 6.45) is -1.92. The van der Waals surface area contributed by atoms with Gasteiger partial charge >= 0.3 is 0 Å². The Morgan fingerprint density at radius 1 is 1.14 bits per heavy atom. The van der Waals surface area contributed by atoms with Crippen molar-refractivity contribution in [1.82, 2.24) is 0 Å². The van der Waals surface area contributed by atoms with Gasteiger partial charge in [0, 0.05) is 16.5 Å². The van der Waals surface area contributed by atoms with Gasteiger partial charge in [-0.2, -0.15) is 0 Å². The summed E-state index contributed by atoms with van der Waals surface area (Å²) in [6, 6.07) is 12.0. The molecule has 3 unspecified atom stereocenters. The van der Waals surface area contributed by atoms with Crippen molar-refractivity contribution in [2.45, 2.75) is 36.9 Å². The van der Waals surface area contributed by atoms with E-state index in [1.807, 2.05) is 0 Å². The molecule has 0 aliphatic carbocycles.